The lowest BCUT2D eigenvalue weighted by atomic mass is 9.95. The molecule has 0 radical (unpaired) electrons. The van der Waals surface area contributed by atoms with Crippen molar-refractivity contribution in [1.29, 1.82) is 0 Å². The van der Waals surface area contributed by atoms with Crippen molar-refractivity contribution in [2.45, 2.75) is 12.8 Å². The van der Waals surface area contributed by atoms with Gasteiger partial charge in [0, 0.05) is 69.3 Å². The van der Waals surface area contributed by atoms with Crippen LogP contribution in [0.4, 0.5) is 11.8 Å². The Bertz CT molecular complexity index is 1030. The van der Waals surface area contributed by atoms with Gasteiger partial charge >= 0.3 is 0 Å². The number of carbonyl (C=O) groups excluding carboxylic acids is 1. The molecule has 0 bridgehead atoms. The summed E-state index contributed by atoms with van der Waals surface area (Å²) >= 11 is 0. The molecule has 2 fully saturated rings. The second-order valence-electron chi connectivity index (χ2n) is 8.23. The van der Waals surface area contributed by atoms with Crippen molar-refractivity contribution in [3.05, 3.63) is 61.1 Å². The van der Waals surface area contributed by atoms with Crippen molar-refractivity contribution in [1.82, 2.24) is 24.8 Å². The number of piperazine rings is 1. The van der Waals surface area contributed by atoms with Crippen molar-refractivity contribution in [3.8, 4) is 11.4 Å². The summed E-state index contributed by atoms with van der Waals surface area (Å²) in [7, 11) is 0. The topological polar surface area (TPSA) is 78.4 Å². The predicted octanol–water partition coefficient (Wildman–Crippen LogP) is 2.50. The smallest absolute Gasteiger partial charge is 0.225 e. The summed E-state index contributed by atoms with van der Waals surface area (Å²) in [4.78, 5) is 37.4. The fourth-order valence-corrected chi connectivity index (χ4v) is 4.45. The lowest BCUT2D eigenvalue weighted by molar-refractivity contribution is -0.136. The van der Waals surface area contributed by atoms with Crippen molar-refractivity contribution >= 4 is 17.7 Å². The monoisotopic (exact) mass is 429 g/mol. The molecular formula is C24H27N7O. The number of anilines is 2. The molecular weight excluding hydrogens is 402 g/mol. The Hall–Kier alpha value is -3.55. The third-order valence-corrected chi connectivity index (χ3v) is 6.27. The van der Waals surface area contributed by atoms with E-state index >= 15 is 0 Å². The molecule has 164 valence electrons. The zero-order valence-electron chi connectivity index (χ0n) is 18.0. The number of hydrogen-bond acceptors (Lipinski definition) is 7. The molecule has 2 saturated heterocycles. The maximum Gasteiger partial charge on any atom is 0.225 e. The molecule has 2 aliphatic rings. The molecule has 5 rings (SSSR count). The minimum absolute atomic E-state index is 0.0882. The normalized spacial score (nSPS) is 17.4. The summed E-state index contributed by atoms with van der Waals surface area (Å²) in [5.74, 6) is 2.78. The number of aromatic nitrogens is 4. The molecule has 0 atom stereocenters. The van der Waals surface area contributed by atoms with Crippen molar-refractivity contribution in [2.75, 3.05) is 49.1 Å². The number of hydrogen-bond donors (Lipinski definition) is 0. The van der Waals surface area contributed by atoms with Crippen molar-refractivity contribution in [3.63, 3.8) is 0 Å². The van der Waals surface area contributed by atoms with Gasteiger partial charge < -0.3 is 14.7 Å². The molecule has 8 nitrogen and oxygen atoms in total. The molecule has 0 N–H and O–H groups in total. The van der Waals surface area contributed by atoms with Gasteiger partial charge in [-0.15, -0.1) is 0 Å². The van der Waals surface area contributed by atoms with E-state index in [1.807, 2.05) is 53.6 Å². The number of carbonyl (C=O) groups is 1. The minimum Gasteiger partial charge on any atom is -0.353 e. The van der Waals surface area contributed by atoms with Gasteiger partial charge in [-0.1, -0.05) is 30.3 Å². The van der Waals surface area contributed by atoms with Crippen LogP contribution in [0.15, 0.2) is 61.1 Å². The summed E-state index contributed by atoms with van der Waals surface area (Å²) in [5.41, 5.74) is 1.01. The van der Waals surface area contributed by atoms with Gasteiger partial charge in [0.05, 0.1) is 0 Å². The van der Waals surface area contributed by atoms with Gasteiger partial charge in [0.15, 0.2) is 5.82 Å². The van der Waals surface area contributed by atoms with Crippen LogP contribution in [-0.4, -0.2) is 70.0 Å². The highest BCUT2D eigenvalue weighted by Crippen LogP contribution is 2.24. The van der Waals surface area contributed by atoms with Crippen LogP contribution in [0.1, 0.15) is 12.8 Å². The van der Waals surface area contributed by atoms with Gasteiger partial charge in [-0.25, -0.2) is 19.9 Å². The van der Waals surface area contributed by atoms with Gasteiger partial charge in [-0.2, -0.15) is 0 Å². The third-order valence-electron chi connectivity index (χ3n) is 6.27. The van der Waals surface area contributed by atoms with E-state index in [4.69, 9.17) is 4.98 Å². The van der Waals surface area contributed by atoms with E-state index in [9.17, 15) is 4.79 Å². The van der Waals surface area contributed by atoms with Gasteiger partial charge in [0.25, 0.3) is 0 Å². The molecule has 32 heavy (non-hydrogen) atoms. The highest BCUT2D eigenvalue weighted by atomic mass is 16.2. The number of rotatable bonds is 4. The van der Waals surface area contributed by atoms with E-state index in [2.05, 4.69) is 24.8 Å². The Morgan fingerprint density at radius 2 is 1.47 bits per heavy atom. The number of benzene rings is 1. The third kappa shape index (κ3) is 4.39. The Balaban J connectivity index is 1.16. The molecule has 0 saturated carbocycles. The minimum atomic E-state index is 0.0882. The maximum absolute atomic E-state index is 13.1. The summed E-state index contributed by atoms with van der Waals surface area (Å²) in [6.07, 6.45) is 7.04. The van der Waals surface area contributed by atoms with Crippen molar-refractivity contribution < 1.29 is 4.79 Å². The Kier molecular flexibility index (Phi) is 5.91. The maximum atomic E-state index is 13.1. The molecule has 2 aromatic heterocycles. The van der Waals surface area contributed by atoms with Crippen LogP contribution in [-0.2, 0) is 4.79 Å². The van der Waals surface area contributed by atoms with Crippen LogP contribution >= 0.6 is 0 Å². The molecule has 0 spiro atoms. The SMILES string of the molecule is O=C(C1CCN(c2ncccn2)CC1)N1CCN(c2ccnc(-c3ccccc3)n2)CC1. The summed E-state index contributed by atoms with van der Waals surface area (Å²) in [5, 5.41) is 0. The summed E-state index contributed by atoms with van der Waals surface area (Å²) in [6.45, 7) is 4.67. The van der Waals surface area contributed by atoms with Crippen LogP contribution in [0, 0.1) is 5.92 Å². The van der Waals surface area contributed by atoms with Gasteiger partial charge in [-0.05, 0) is 25.0 Å². The number of amides is 1. The standard InChI is InChI=1S/C24H27N7O/c32-23(20-8-13-31(14-9-20)24-26-10-4-11-27-24)30-17-15-29(16-18-30)21-7-12-25-22(28-21)19-5-2-1-3-6-19/h1-7,10-12,20H,8-9,13-18H2. The Labute approximate surface area is 188 Å². The summed E-state index contributed by atoms with van der Waals surface area (Å²) < 4.78 is 0. The largest absolute Gasteiger partial charge is 0.353 e. The number of nitrogens with zero attached hydrogens (tertiary/aromatic N) is 7. The predicted molar refractivity (Wildman–Crippen MR) is 123 cm³/mol. The second-order valence-corrected chi connectivity index (χ2v) is 8.23. The average molecular weight is 430 g/mol. The highest BCUT2D eigenvalue weighted by Gasteiger charge is 2.31. The fraction of sp³-hybridized carbons (Fsp3) is 0.375. The van der Waals surface area contributed by atoms with Crippen LogP contribution in [0.2, 0.25) is 0 Å². The quantitative estimate of drug-likeness (QED) is 0.631. The van der Waals surface area contributed by atoms with Gasteiger partial charge in [0.2, 0.25) is 11.9 Å². The molecule has 3 aromatic rings. The first-order valence-corrected chi connectivity index (χ1v) is 11.2. The summed E-state index contributed by atoms with van der Waals surface area (Å²) in [6, 6.07) is 13.8. The first kappa shape index (κ1) is 20.4. The molecule has 1 amide bonds. The van der Waals surface area contributed by atoms with Crippen LogP contribution in [0.25, 0.3) is 11.4 Å². The van der Waals surface area contributed by atoms with E-state index in [1.54, 1.807) is 12.4 Å². The zero-order valence-corrected chi connectivity index (χ0v) is 18.0. The molecule has 0 unspecified atom stereocenters. The van der Waals surface area contributed by atoms with E-state index in [-0.39, 0.29) is 11.8 Å². The van der Waals surface area contributed by atoms with E-state index < -0.39 is 0 Å². The number of piperidine rings is 1. The van der Waals surface area contributed by atoms with E-state index in [0.717, 1.165) is 75.3 Å². The molecule has 4 heterocycles. The lowest BCUT2D eigenvalue weighted by Gasteiger charge is -2.39. The molecule has 2 aliphatic heterocycles. The fourth-order valence-electron chi connectivity index (χ4n) is 4.45. The van der Waals surface area contributed by atoms with Crippen LogP contribution in [0.5, 0.6) is 0 Å². The van der Waals surface area contributed by atoms with Crippen LogP contribution < -0.4 is 9.80 Å². The van der Waals surface area contributed by atoms with E-state index in [0.29, 0.717) is 0 Å². The first-order valence-electron chi connectivity index (χ1n) is 11.2. The van der Waals surface area contributed by atoms with Crippen molar-refractivity contribution in [2.24, 2.45) is 5.92 Å². The zero-order chi connectivity index (χ0) is 21.8. The van der Waals surface area contributed by atoms with Crippen LogP contribution in [0.3, 0.4) is 0 Å². The van der Waals surface area contributed by atoms with Gasteiger partial charge in [-0.3, -0.25) is 4.79 Å². The second kappa shape index (κ2) is 9.30. The highest BCUT2D eigenvalue weighted by molar-refractivity contribution is 5.79. The van der Waals surface area contributed by atoms with Gasteiger partial charge in [0.1, 0.15) is 5.82 Å². The molecule has 1 aromatic carbocycles. The average Bonchev–Trinajstić information content (AvgIpc) is 2.89. The Morgan fingerprint density at radius 1 is 0.750 bits per heavy atom. The lowest BCUT2D eigenvalue weighted by Crippen LogP contribution is -2.52. The molecule has 0 aliphatic carbocycles. The van der Waals surface area contributed by atoms with E-state index in [1.165, 1.54) is 0 Å². The first-order chi connectivity index (χ1) is 15.8. The Morgan fingerprint density at radius 3 is 2.19 bits per heavy atom. The molecule has 8 heteroatoms.